The van der Waals surface area contributed by atoms with E-state index < -0.39 is 0 Å². The smallest absolute Gasteiger partial charge is 0.0490 e. The number of aliphatic hydroxyl groups excluding tert-OH is 1. The quantitative estimate of drug-likeness (QED) is 0.642. The van der Waals surface area contributed by atoms with Crippen LogP contribution in [-0.4, -0.2) is 11.7 Å². The zero-order chi connectivity index (χ0) is 9.03. The fourth-order valence-electron chi connectivity index (χ4n) is 2.20. The molecule has 0 amide bonds. The molecule has 70 valence electrons. The Kier molecular flexibility index (Phi) is 3.33. The van der Waals surface area contributed by atoms with Crippen LogP contribution in [0.2, 0.25) is 0 Å². The van der Waals surface area contributed by atoms with Gasteiger partial charge in [0.15, 0.2) is 0 Å². The Morgan fingerprint density at radius 2 is 2.17 bits per heavy atom. The van der Waals surface area contributed by atoms with Gasteiger partial charge in [0, 0.05) is 6.61 Å². The lowest BCUT2D eigenvalue weighted by Gasteiger charge is -2.34. The Balaban J connectivity index is 2.55. The van der Waals surface area contributed by atoms with E-state index in [9.17, 15) is 5.11 Å². The molecule has 0 fully saturated rings. The van der Waals surface area contributed by atoms with E-state index in [1.807, 2.05) is 0 Å². The highest BCUT2D eigenvalue weighted by atomic mass is 16.3. The Hall–Kier alpha value is -0.300. The highest BCUT2D eigenvalue weighted by molar-refractivity contribution is 4.97. The molecule has 0 heterocycles. The molecule has 0 aliphatic heterocycles. The van der Waals surface area contributed by atoms with Gasteiger partial charge < -0.3 is 5.11 Å². The van der Waals surface area contributed by atoms with Gasteiger partial charge in [0.1, 0.15) is 0 Å². The van der Waals surface area contributed by atoms with Crippen LogP contribution in [0.1, 0.15) is 39.5 Å². The summed E-state index contributed by atoms with van der Waals surface area (Å²) in [4.78, 5) is 0. The van der Waals surface area contributed by atoms with Crippen molar-refractivity contribution < 1.29 is 5.11 Å². The molecular weight excluding hydrogens is 148 g/mol. The van der Waals surface area contributed by atoms with E-state index >= 15 is 0 Å². The van der Waals surface area contributed by atoms with Gasteiger partial charge in [0.25, 0.3) is 0 Å². The summed E-state index contributed by atoms with van der Waals surface area (Å²) < 4.78 is 0. The van der Waals surface area contributed by atoms with Crippen LogP contribution in [0.3, 0.4) is 0 Å². The van der Waals surface area contributed by atoms with Crippen LogP contribution in [0, 0.1) is 11.3 Å². The summed E-state index contributed by atoms with van der Waals surface area (Å²) in [5.41, 5.74) is 0.211. The molecule has 0 spiro atoms. The standard InChI is InChI=1S/C11H20O/c1-10(2)8-11(9-12)6-4-3-5-7-11/h3-4,10,12H,5-9H2,1-2H3. The number of hydrogen-bond acceptors (Lipinski definition) is 1. The molecule has 1 atom stereocenters. The summed E-state index contributed by atoms with van der Waals surface area (Å²) in [5.74, 6) is 0.698. The maximum Gasteiger partial charge on any atom is 0.0490 e. The Morgan fingerprint density at radius 1 is 1.42 bits per heavy atom. The number of hydrogen-bond donors (Lipinski definition) is 1. The molecule has 0 bridgehead atoms. The molecule has 0 saturated carbocycles. The largest absolute Gasteiger partial charge is 0.396 e. The van der Waals surface area contributed by atoms with E-state index in [1.54, 1.807) is 0 Å². The van der Waals surface area contributed by atoms with Crippen molar-refractivity contribution in [2.45, 2.75) is 39.5 Å². The summed E-state index contributed by atoms with van der Waals surface area (Å²) >= 11 is 0. The molecule has 0 aromatic rings. The lowest BCUT2D eigenvalue weighted by molar-refractivity contribution is 0.0904. The van der Waals surface area contributed by atoms with E-state index in [-0.39, 0.29) is 5.41 Å². The molecule has 0 radical (unpaired) electrons. The summed E-state index contributed by atoms with van der Waals surface area (Å²) in [6.45, 7) is 4.82. The molecule has 1 unspecified atom stereocenters. The molecule has 12 heavy (non-hydrogen) atoms. The third kappa shape index (κ3) is 2.34. The number of aliphatic hydroxyl groups is 1. The normalized spacial score (nSPS) is 29.7. The van der Waals surface area contributed by atoms with E-state index in [2.05, 4.69) is 26.0 Å². The second kappa shape index (κ2) is 4.08. The van der Waals surface area contributed by atoms with E-state index in [0.717, 1.165) is 25.7 Å². The van der Waals surface area contributed by atoms with Gasteiger partial charge in [-0.1, -0.05) is 26.0 Å². The van der Waals surface area contributed by atoms with Crippen molar-refractivity contribution in [1.29, 1.82) is 0 Å². The lowest BCUT2D eigenvalue weighted by Crippen LogP contribution is -2.28. The minimum atomic E-state index is 0.211. The van der Waals surface area contributed by atoms with E-state index in [1.165, 1.54) is 0 Å². The van der Waals surface area contributed by atoms with Crippen molar-refractivity contribution in [3.05, 3.63) is 12.2 Å². The van der Waals surface area contributed by atoms with Crippen LogP contribution < -0.4 is 0 Å². The summed E-state index contributed by atoms with van der Waals surface area (Å²) in [5, 5.41) is 9.36. The minimum Gasteiger partial charge on any atom is -0.396 e. The highest BCUT2D eigenvalue weighted by Crippen LogP contribution is 2.37. The predicted molar refractivity (Wildman–Crippen MR) is 52.0 cm³/mol. The SMILES string of the molecule is CC(C)CC1(CO)CC=CCC1. The Morgan fingerprint density at radius 3 is 2.58 bits per heavy atom. The maximum absolute atomic E-state index is 9.36. The molecule has 1 nitrogen and oxygen atoms in total. The van der Waals surface area contributed by atoms with Crippen molar-refractivity contribution >= 4 is 0 Å². The van der Waals surface area contributed by atoms with Crippen molar-refractivity contribution in [3.63, 3.8) is 0 Å². The zero-order valence-electron chi connectivity index (χ0n) is 8.21. The predicted octanol–water partition coefficient (Wildman–Crippen LogP) is 2.75. The fourth-order valence-corrected chi connectivity index (χ4v) is 2.20. The van der Waals surface area contributed by atoms with Crippen LogP contribution in [0.4, 0.5) is 0 Å². The highest BCUT2D eigenvalue weighted by Gasteiger charge is 2.29. The van der Waals surface area contributed by atoms with Crippen LogP contribution in [0.15, 0.2) is 12.2 Å². The summed E-state index contributed by atoms with van der Waals surface area (Å²) in [6.07, 6.45) is 9.00. The Labute approximate surface area is 75.5 Å². The van der Waals surface area contributed by atoms with Crippen LogP contribution in [0.25, 0.3) is 0 Å². The third-order valence-electron chi connectivity index (χ3n) is 2.74. The summed E-state index contributed by atoms with van der Waals surface area (Å²) in [6, 6.07) is 0. The average Bonchev–Trinajstić information content (AvgIpc) is 2.05. The first kappa shape index (κ1) is 9.79. The van der Waals surface area contributed by atoms with Crippen molar-refractivity contribution in [2.75, 3.05) is 6.61 Å². The molecule has 0 saturated heterocycles. The first-order chi connectivity index (χ1) is 5.68. The topological polar surface area (TPSA) is 20.2 Å². The third-order valence-corrected chi connectivity index (χ3v) is 2.74. The molecule has 1 N–H and O–H groups in total. The molecule has 0 aromatic carbocycles. The second-order valence-corrected chi connectivity index (χ2v) is 4.47. The number of rotatable bonds is 3. The molecule has 1 rings (SSSR count). The van der Waals surface area contributed by atoms with Gasteiger partial charge in [-0.2, -0.15) is 0 Å². The van der Waals surface area contributed by atoms with Gasteiger partial charge in [-0.15, -0.1) is 0 Å². The van der Waals surface area contributed by atoms with Crippen LogP contribution in [-0.2, 0) is 0 Å². The fraction of sp³-hybridized carbons (Fsp3) is 0.818. The lowest BCUT2D eigenvalue weighted by atomic mass is 9.72. The van der Waals surface area contributed by atoms with Crippen molar-refractivity contribution in [1.82, 2.24) is 0 Å². The first-order valence-corrected chi connectivity index (χ1v) is 4.94. The van der Waals surface area contributed by atoms with Gasteiger partial charge in [0.05, 0.1) is 0 Å². The maximum atomic E-state index is 9.36. The summed E-state index contributed by atoms with van der Waals surface area (Å²) in [7, 11) is 0. The van der Waals surface area contributed by atoms with E-state index in [4.69, 9.17) is 0 Å². The molecular formula is C11H20O. The average molecular weight is 168 g/mol. The van der Waals surface area contributed by atoms with Crippen LogP contribution in [0.5, 0.6) is 0 Å². The van der Waals surface area contributed by atoms with Gasteiger partial charge in [-0.05, 0) is 37.0 Å². The molecule has 0 aromatic heterocycles. The monoisotopic (exact) mass is 168 g/mol. The minimum absolute atomic E-state index is 0.211. The Bertz CT molecular complexity index is 160. The molecule has 1 aliphatic rings. The van der Waals surface area contributed by atoms with Crippen molar-refractivity contribution in [3.8, 4) is 0 Å². The van der Waals surface area contributed by atoms with Gasteiger partial charge in [-0.25, -0.2) is 0 Å². The van der Waals surface area contributed by atoms with Gasteiger partial charge >= 0.3 is 0 Å². The molecule has 1 heteroatoms. The first-order valence-electron chi connectivity index (χ1n) is 4.94. The van der Waals surface area contributed by atoms with Crippen LogP contribution >= 0.6 is 0 Å². The zero-order valence-corrected chi connectivity index (χ0v) is 8.21. The van der Waals surface area contributed by atoms with Crippen molar-refractivity contribution in [2.24, 2.45) is 11.3 Å². The second-order valence-electron chi connectivity index (χ2n) is 4.47. The van der Waals surface area contributed by atoms with Gasteiger partial charge in [-0.3, -0.25) is 0 Å². The number of allylic oxidation sites excluding steroid dienone is 2. The van der Waals surface area contributed by atoms with E-state index in [0.29, 0.717) is 12.5 Å². The molecule has 1 aliphatic carbocycles. The van der Waals surface area contributed by atoms with Gasteiger partial charge in [0.2, 0.25) is 0 Å².